The van der Waals surface area contributed by atoms with Crippen LogP contribution in [0.4, 0.5) is 0 Å². The quantitative estimate of drug-likeness (QED) is 0.446. The van der Waals surface area contributed by atoms with E-state index in [9.17, 15) is 14.9 Å². The molecule has 1 aromatic rings. The Hall–Kier alpha value is -2.02. The van der Waals surface area contributed by atoms with Gasteiger partial charge in [-0.15, -0.1) is 0 Å². The van der Waals surface area contributed by atoms with E-state index in [-0.39, 0.29) is 0 Å². The monoisotopic (exact) mass is 223 g/mol. The molecule has 1 aliphatic carbocycles. The largest absolute Gasteiger partial charge is 0.359 e. The lowest BCUT2D eigenvalue weighted by Gasteiger charge is -2.29. The van der Waals surface area contributed by atoms with E-state index < -0.39 is 16.6 Å². The molecular formula is C9H9N3O4. The Morgan fingerprint density at radius 2 is 2.50 bits per heavy atom. The van der Waals surface area contributed by atoms with Crippen LogP contribution in [0.1, 0.15) is 11.3 Å². The van der Waals surface area contributed by atoms with Gasteiger partial charge in [0.25, 0.3) is 6.04 Å². The van der Waals surface area contributed by atoms with Crippen LogP contribution >= 0.6 is 0 Å². The molecule has 1 aromatic heterocycles. The maximum atomic E-state index is 11.2. The van der Waals surface area contributed by atoms with Crippen LogP contribution in [0.25, 0.3) is 6.08 Å². The van der Waals surface area contributed by atoms with E-state index in [1.807, 2.05) is 0 Å². The summed E-state index contributed by atoms with van der Waals surface area (Å²) in [6, 6.07) is -1.24. The molecule has 0 fully saturated rings. The fourth-order valence-electron chi connectivity index (χ4n) is 1.86. The third-order valence-electron chi connectivity index (χ3n) is 2.71. The van der Waals surface area contributed by atoms with Gasteiger partial charge in [0.1, 0.15) is 0 Å². The minimum absolute atomic E-state index is 0.384. The lowest BCUT2D eigenvalue weighted by molar-refractivity contribution is -0.530. The Kier molecular flexibility index (Phi) is 2.31. The number of aldehydes is 1. The van der Waals surface area contributed by atoms with Gasteiger partial charge in [-0.25, -0.2) is 0 Å². The number of nitrogens with zero attached hydrogens (tertiary/aromatic N) is 2. The number of carbonyl (C=O) groups excluding carboxylic acids is 1. The third kappa shape index (κ3) is 1.18. The van der Waals surface area contributed by atoms with Crippen molar-refractivity contribution in [2.24, 2.45) is 0 Å². The summed E-state index contributed by atoms with van der Waals surface area (Å²) in [7, 11) is 1.26. The Morgan fingerprint density at radius 1 is 1.75 bits per heavy atom. The number of aromatic nitrogens is 2. The number of hydrogen-bond donors (Lipinski definition) is 1. The number of nitro groups is 1. The molecule has 2 atom stereocenters. The van der Waals surface area contributed by atoms with E-state index in [4.69, 9.17) is 4.74 Å². The van der Waals surface area contributed by atoms with Crippen LogP contribution in [0, 0.1) is 10.1 Å². The van der Waals surface area contributed by atoms with Crippen molar-refractivity contribution in [2.75, 3.05) is 7.11 Å². The number of carbonyl (C=O) groups is 1. The smallest absolute Gasteiger partial charge is 0.271 e. The Labute approximate surface area is 90.3 Å². The SMILES string of the molecule is COC1(C=O)c2cn[nH]c2C=CC1[N+](=O)[O-]. The lowest BCUT2D eigenvalue weighted by atomic mass is 9.84. The highest BCUT2D eigenvalue weighted by molar-refractivity contribution is 5.74. The molecule has 0 saturated carbocycles. The van der Waals surface area contributed by atoms with Crippen molar-refractivity contribution in [2.45, 2.75) is 11.6 Å². The summed E-state index contributed by atoms with van der Waals surface area (Å²) in [4.78, 5) is 21.5. The average molecular weight is 223 g/mol. The van der Waals surface area contributed by atoms with Gasteiger partial charge in [0.05, 0.1) is 11.9 Å². The second kappa shape index (κ2) is 3.53. The Balaban J connectivity index is 2.63. The molecule has 1 N–H and O–H groups in total. The molecule has 0 radical (unpaired) electrons. The lowest BCUT2D eigenvalue weighted by Crippen LogP contribution is -2.47. The van der Waals surface area contributed by atoms with Crippen LogP contribution in [-0.4, -0.2) is 34.6 Å². The molecule has 2 rings (SSSR count). The number of rotatable bonds is 3. The van der Waals surface area contributed by atoms with Crippen molar-refractivity contribution in [1.82, 2.24) is 10.2 Å². The zero-order valence-electron chi connectivity index (χ0n) is 8.41. The minimum atomic E-state index is -1.60. The van der Waals surface area contributed by atoms with Gasteiger partial charge in [0.2, 0.25) is 5.60 Å². The second-order valence-corrected chi connectivity index (χ2v) is 3.40. The summed E-state index contributed by atoms with van der Waals surface area (Å²) in [5.41, 5.74) is -0.665. The fourth-order valence-corrected chi connectivity index (χ4v) is 1.86. The van der Waals surface area contributed by atoms with E-state index in [0.717, 1.165) is 0 Å². The summed E-state index contributed by atoms with van der Waals surface area (Å²) in [5.74, 6) is 0. The molecule has 0 aromatic carbocycles. The third-order valence-corrected chi connectivity index (χ3v) is 2.71. The van der Waals surface area contributed by atoms with Gasteiger partial charge < -0.3 is 4.74 Å². The van der Waals surface area contributed by atoms with Crippen molar-refractivity contribution in [1.29, 1.82) is 0 Å². The van der Waals surface area contributed by atoms with Gasteiger partial charge in [0.15, 0.2) is 6.29 Å². The number of fused-ring (bicyclic) bond motifs is 1. The van der Waals surface area contributed by atoms with Crippen molar-refractivity contribution < 1.29 is 14.5 Å². The topological polar surface area (TPSA) is 98.1 Å². The van der Waals surface area contributed by atoms with Crippen molar-refractivity contribution in [3.8, 4) is 0 Å². The highest BCUT2D eigenvalue weighted by Crippen LogP contribution is 2.35. The van der Waals surface area contributed by atoms with Crippen LogP contribution in [-0.2, 0) is 15.1 Å². The van der Waals surface area contributed by atoms with Gasteiger partial charge in [-0.2, -0.15) is 5.10 Å². The number of nitrogens with one attached hydrogen (secondary N) is 1. The summed E-state index contributed by atoms with van der Waals surface area (Å²) < 4.78 is 5.07. The zero-order valence-corrected chi connectivity index (χ0v) is 8.41. The first-order valence-electron chi connectivity index (χ1n) is 4.52. The van der Waals surface area contributed by atoms with Gasteiger partial charge in [-0.3, -0.25) is 20.0 Å². The standard InChI is InChI=1S/C9H9N3O4/c1-16-9(5-13)6-4-10-11-7(6)2-3-8(9)12(14)15/h2-5,8H,1H3,(H,10,11). The van der Waals surface area contributed by atoms with E-state index >= 15 is 0 Å². The molecule has 2 unspecified atom stereocenters. The molecule has 0 spiro atoms. The first-order valence-corrected chi connectivity index (χ1v) is 4.52. The highest BCUT2D eigenvalue weighted by Gasteiger charge is 2.51. The summed E-state index contributed by atoms with van der Waals surface area (Å²) in [6.45, 7) is 0. The van der Waals surface area contributed by atoms with Crippen LogP contribution in [0.3, 0.4) is 0 Å². The maximum Gasteiger partial charge on any atom is 0.271 e. The van der Waals surface area contributed by atoms with Crippen molar-refractivity contribution >= 4 is 12.4 Å². The summed E-state index contributed by atoms with van der Waals surface area (Å²) in [5, 5.41) is 17.3. The summed E-state index contributed by atoms with van der Waals surface area (Å²) in [6.07, 6.45) is 4.65. The van der Waals surface area contributed by atoms with E-state index in [2.05, 4.69) is 10.2 Å². The maximum absolute atomic E-state index is 11.2. The number of H-pyrrole nitrogens is 1. The number of methoxy groups -OCH3 is 1. The molecule has 1 aliphatic rings. The first kappa shape index (κ1) is 10.5. The second-order valence-electron chi connectivity index (χ2n) is 3.40. The van der Waals surface area contributed by atoms with Crippen LogP contribution < -0.4 is 0 Å². The number of ether oxygens (including phenoxy) is 1. The van der Waals surface area contributed by atoms with E-state index in [1.54, 1.807) is 0 Å². The van der Waals surface area contributed by atoms with E-state index in [1.165, 1.54) is 25.5 Å². The molecule has 0 bridgehead atoms. The molecule has 0 amide bonds. The summed E-state index contributed by atoms with van der Waals surface area (Å²) >= 11 is 0. The first-order chi connectivity index (χ1) is 7.65. The molecule has 16 heavy (non-hydrogen) atoms. The average Bonchev–Trinajstić information content (AvgIpc) is 2.75. The van der Waals surface area contributed by atoms with Gasteiger partial charge in [-0.05, 0) is 12.2 Å². The molecule has 7 nitrogen and oxygen atoms in total. The molecule has 1 heterocycles. The fraction of sp³-hybridized carbons (Fsp3) is 0.333. The van der Waals surface area contributed by atoms with Crippen LogP contribution in [0.2, 0.25) is 0 Å². The molecule has 0 aliphatic heterocycles. The highest BCUT2D eigenvalue weighted by atomic mass is 16.6. The molecule has 0 saturated heterocycles. The predicted octanol–water partition coefficient (Wildman–Crippen LogP) is 0.122. The molecule has 7 heteroatoms. The van der Waals surface area contributed by atoms with Crippen molar-refractivity contribution in [3.05, 3.63) is 33.6 Å². The Bertz CT molecular complexity index is 467. The van der Waals surface area contributed by atoms with Gasteiger partial charge >= 0.3 is 0 Å². The normalized spacial score (nSPS) is 27.4. The van der Waals surface area contributed by atoms with Crippen LogP contribution in [0.5, 0.6) is 0 Å². The molecular weight excluding hydrogens is 214 g/mol. The van der Waals surface area contributed by atoms with Gasteiger partial charge in [-0.1, -0.05) is 0 Å². The zero-order chi connectivity index (χ0) is 11.8. The van der Waals surface area contributed by atoms with E-state index in [0.29, 0.717) is 17.5 Å². The Morgan fingerprint density at radius 3 is 3.06 bits per heavy atom. The van der Waals surface area contributed by atoms with Crippen molar-refractivity contribution in [3.63, 3.8) is 0 Å². The minimum Gasteiger partial charge on any atom is -0.359 e. The van der Waals surface area contributed by atoms with Crippen LogP contribution in [0.15, 0.2) is 12.3 Å². The molecule has 84 valence electrons. The number of aromatic amines is 1. The predicted molar refractivity (Wildman–Crippen MR) is 53.2 cm³/mol. The van der Waals surface area contributed by atoms with Gasteiger partial charge in [0, 0.05) is 17.6 Å². The number of hydrogen-bond acceptors (Lipinski definition) is 5.